The largest absolute Gasteiger partial charge is 0.497 e. The molecule has 2 aromatic carbocycles. The van der Waals surface area contributed by atoms with Crippen LogP contribution in [0.15, 0.2) is 59.5 Å². The van der Waals surface area contributed by atoms with Crippen LogP contribution in [-0.4, -0.2) is 30.5 Å². The molecule has 0 aliphatic heterocycles. The van der Waals surface area contributed by atoms with Crippen molar-refractivity contribution < 1.29 is 19.4 Å². The van der Waals surface area contributed by atoms with E-state index in [2.05, 4.69) is 0 Å². The Kier molecular flexibility index (Phi) is 6.70. The second kappa shape index (κ2) is 8.76. The van der Waals surface area contributed by atoms with E-state index in [1.165, 1.54) is 7.11 Å². The maximum Gasteiger partial charge on any atom is 0.312 e. The zero-order chi connectivity index (χ0) is 17.5. The van der Waals surface area contributed by atoms with Crippen molar-refractivity contribution >= 4 is 17.7 Å². The molecule has 0 fully saturated rings. The highest BCUT2D eigenvalue weighted by molar-refractivity contribution is 8.00. The zero-order valence-electron chi connectivity index (χ0n) is 14.0. The van der Waals surface area contributed by atoms with Gasteiger partial charge in [0.25, 0.3) is 0 Å². The smallest absolute Gasteiger partial charge is 0.312 e. The maximum absolute atomic E-state index is 12.3. The fraction of sp³-hybridized carbons (Fsp3) is 0.316. The number of esters is 1. The highest BCUT2D eigenvalue weighted by Crippen LogP contribution is 2.35. The summed E-state index contributed by atoms with van der Waals surface area (Å²) in [6, 6.07) is 16.9. The van der Waals surface area contributed by atoms with Gasteiger partial charge in [-0.15, -0.1) is 11.8 Å². The van der Waals surface area contributed by atoms with Crippen LogP contribution in [-0.2, 0) is 9.53 Å². The first kappa shape index (κ1) is 18.4. The van der Waals surface area contributed by atoms with Crippen LogP contribution in [0.25, 0.3) is 0 Å². The molecule has 0 saturated carbocycles. The first-order chi connectivity index (χ1) is 11.6. The Morgan fingerprint density at radius 2 is 1.67 bits per heavy atom. The summed E-state index contributed by atoms with van der Waals surface area (Å²) in [7, 11) is 2.93. The molecule has 1 N–H and O–H groups in total. The fourth-order valence-corrected chi connectivity index (χ4v) is 3.66. The van der Waals surface area contributed by atoms with E-state index in [-0.39, 0.29) is 5.25 Å². The lowest BCUT2D eigenvalue weighted by atomic mass is 9.93. The van der Waals surface area contributed by atoms with Crippen LogP contribution in [0.5, 0.6) is 5.75 Å². The first-order valence-corrected chi connectivity index (χ1v) is 8.56. The maximum atomic E-state index is 12.3. The molecule has 4 nitrogen and oxygen atoms in total. The molecule has 2 rings (SSSR count). The molecule has 0 heterocycles. The second-order valence-corrected chi connectivity index (χ2v) is 6.85. The third-order valence-electron chi connectivity index (χ3n) is 3.84. The average Bonchev–Trinajstić information content (AvgIpc) is 2.62. The minimum atomic E-state index is -0.949. The summed E-state index contributed by atoms with van der Waals surface area (Å²) in [6.07, 6.45) is -0.949. The Hall–Kier alpha value is -1.98. The third kappa shape index (κ3) is 4.52. The summed E-state index contributed by atoms with van der Waals surface area (Å²) in [5, 5.41) is 10.6. The lowest BCUT2D eigenvalue weighted by Gasteiger charge is -2.26. The highest BCUT2D eigenvalue weighted by atomic mass is 32.2. The van der Waals surface area contributed by atoms with Gasteiger partial charge >= 0.3 is 5.97 Å². The summed E-state index contributed by atoms with van der Waals surface area (Å²) < 4.78 is 10.0. The van der Waals surface area contributed by atoms with Crippen LogP contribution in [0, 0.1) is 5.92 Å². The molecule has 5 heteroatoms. The van der Waals surface area contributed by atoms with Gasteiger partial charge in [0.1, 0.15) is 5.75 Å². The van der Waals surface area contributed by atoms with Crippen molar-refractivity contribution in [3.05, 3.63) is 60.2 Å². The zero-order valence-corrected chi connectivity index (χ0v) is 14.8. The Morgan fingerprint density at radius 3 is 2.21 bits per heavy atom. The minimum Gasteiger partial charge on any atom is -0.497 e. The lowest BCUT2D eigenvalue weighted by molar-refractivity contribution is -0.149. The van der Waals surface area contributed by atoms with E-state index in [0.29, 0.717) is 11.3 Å². The van der Waals surface area contributed by atoms with Crippen LogP contribution in [0.3, 0.4) is 0 Å². The SMILES string of the molecule is COC(=O)[C@@H](C(O)c1ccc(OC)cc1)[C@H](C)Sc1ccccc1. The van der Waals surface area contributed by atoms with Crippen molar-refractivity contribution in [2.45, 2.75) is 23.2 Å². The Bertz CT molecular complexity index is 642. The van der Waals surface area contributed by atoms with E-state index < -0.39 is 18.0 Å². The highest BCUT2D eigenvalue weighted by Gasteiger charge is 2.34. The van der Waals surface area contributed by atoms with Crippen LogP contribution in [0.1, 0.15) is 18.6 Å². The molecule has 0 bridgehead atoms. The molecule has 24 heavy (non-hydrogen) atoms. The molecule has 0 aliphatic rings. The standard InChI is InChI=1S/C19H22O4S/c1-13(24-16-7-5-4-6-8-16)17(19(21)23-3)18(20)14-9-11-15(22-2)12-10-14/h4-13,17-18,20H,1-3H3/t13-,17+,18?/m0/s1. The van der Waals surface area contributed by atoms with E-state index in [1.54, 1.807) is 43.1 Å². The van der Waals surface area contributed by atoms with Crippen LogP contribution in [0.4, 0.5) is 0 Å². The van der Waals surface area contributed by atoms with Gasteiger partial charge in [-0.1, -0.05) is 37.3 Å². The lowest BCUT2D eigenvalue weighted by Crippen LogP contribution is -2.31. The molecular weight excluding hydrogens is 324 g/mol. The molecule has 1 unspecified atom stereocenters. The molecule has 0 amide bonds. The van der Waals surface area contributed by atoms with Gasteiger partial charge in [-0.25, -0.2) is 0 Å². The van der Waals surface area contributed by atoms with E-state index >= 15 is 0 Å². The number of methoxy groups -OCH3 is 2. The monoisotopic (exact) mass is 346 g/mol. The molecule has 0 spiro atoms. The predicted octanol–water partition coefficient (Wildman–Crippen LogP) is 3.70. The van der Waals surface area contributed by atoms with E-state index in [9.17, 15) is 9.90 Å². The summed E-state index contributed by atoms with van der Waals surface area (Å²) in [4.78, 5) is 13.3. The van der Waals surface area contributed by atoms with E-state index in [4.69, 9.17) is 9.47 Å². The molecule has 2 aromatic rings. The third-order valence-corrected chi connectivity index (χ3v) is 5.05. The number of rotatable bonds is 7. The normalized spacial score (nSPS) is 14.5. The molecule has 3 atom stereocenters. The number of ether oxygens (including phenoxy) is 2. The quantitative estimate of drug-likeness (QED) is 0.612. The van der Waals surface area contributed by atoms with Crippen LogP contribution >= 0.6 is 11.8 Å². The van der Waals surface area contributed by atoms with Gasteiger partial charge in [0.15, 0.2) is 0 Å². The topological polar surface area (TPSA) is 55.8 Å². The van der Waals surface area contributed by atoms with E-state index in [0.717, 1.165) is 4.90 Å². The van der Waals surface area contributed by atoms with Gasteiger partial charge in [-0.2, -0.15) is 0 Å². The second-order valence-electron chi connectivity index (χ2n) is 5.40. The number of aliphatic hydroxyl groups excluding tert-OH is 1. The Morgan fingerprint density at radius 1 is 1.04 bits per heavy atom. The number of benzene rings is 2. The van der Waals surface area contributed by atoms with Gasteiger partial charge < -0.3 is 14.6 Å². The van der Waals surface area contributed by atoms with Crippen molar-refractivity contribution in [2.75, 3.05) is 14.2 Å². The van der Waals surface area contributed by atoms with Gasteiger partial charge in [0.2, 0.25) is 0 Å². The van der Waals surface area contributed by atoms with E-state index in [1.807, 2.05) is 37.3 Å². The van der Waals surface area contributed by atoms with Crippen molar-refractivity contribution in [3.8, 4) is 5.75 Å². The van der Waals surface area contributed by atoms with Crippen molar-refractivity contribution in [1.82, 2.24) is 0 Å². The molecular formula is C19H22O4S. The summed E-state index contributed by atoms with van der Waals surface area (Å²) in [6.45, 7) is 1.92. The number of thioether (sulfide) groups is 1. The Labute approximate surface area is 146 Å². The van der Waals surface area contributed by atoms with Gasteiger partial charge in [0, 0.05) is 10.1 Å². The molecule has 0 aliphatic carbocycles. The molecule has 0 saturated heterocycles. The molecule has 128 valence electrons. The van der Waals surface area contributed by atoms with Crippen LogP contribution in [0.2, 0.25) is 0 Å². The van der Waals surface area contributed by atoms with Crippen molar-refractivity contribution in [2.24, 2.45) is 5.92 Å². The van der Waals surface area contributed by atoms with Gasteiger partial charge in [0.05, 0.1) is 26.2 Å². The van der Waals surface area contributed by atoms with Gasteiger partial charge in [-0.3, -0.25) is 4.79 Å². The Balaban J connectivity index is 2.21. The summed E-state index contributed by atoms with van der Waals surface area (Å²) >= 11 is 1.54. The minimum absolute atomic E-state index is 0.156. The number of aliphatic hydroxyl groups is 1. The van der Waals surface area contributed by atoms with Crippen molar-refractivity contribution in [1.29, 1.82) is 0 Å². The average molecular weight is 346 g/mol. The van der Waals surface area contributed by atoms with Gasteiger partial charge in [-0.05, 0) is 29.8 Å². The summed E-state index contributed by atoms with van der Waals surface area (Å²) in [5.41, 5.74) is 0.659. The number of carbonyl (C=O) groups is 1. The summed E-state index contributed by atoms with van der Waals surface area (Å²) in [5.74, 6) is -0.393. The first-order valence-electron chi connectivity index (χ1n) is 7.68. The molecule has 0 aromatic heterocycles. The molecule has 0 radical (unpaired) electrons. The number of carbonyl (C=O) groups excluding carboxylic acids is 1. The number of hydrogen-bond acceptors (Lipinski definition) is 5. The fourth-order valence-electron chi connectivity index (χ4n) is 2.51. The van der Waals surface area contributed by atoms with Crippen molar-refractivity contribution in [3.63, 3.8) is 0 Å². The predicted molar refractivity (Wildman–Crippen MR) is 95.2 cm³/mol. The van der Waals surface area contributed by atoms with Crippen LogP contribution < -0.4 is 4.74 Å². The number of hydrogen-bond donors (Lipinski definition) is 1.